The molecule has 0 saturated carbocycles. The highest BCUT2D eigenvalue weighted by Gasteiger charge is 2.19. The molecule has 1 saturated heterocycles. The number of para-hydroxylation sites is 1. The predicted molar refractivity (Wildman–Crippen MR) is 118 cm³/mol. The van der Waals surface area contributed by atoms with Crippen molar-refractivity contribution < 1.29 is 8.42 Å². The van der Waals surface area contributed by atoms with E-state index in [1.54, 1.807) is 23.9 Å². The Kier molecular flexibility index (Phi) is 6.03. The van der Waals surface area contributed by atoms with Crippen LogP contribution in [0.2, 0.25) is 0 Å². The molecule has 0 amide bonds. The second kappa shape index (κ2) is 8.69. The summed E-state index contributed by atoms with van der Waals surface area (Å²) >= 11 is 1.68. The fraction of sp³-hybridized carbons (Fsp3) is 0.333. The predicted octanol–water partition coefficient (Wildman–Crippen LogP) is 3.82. The number of fused-ring (bicyclic) bond motifs is 1. The molecule has 0 unspecified atom stereocenters. The number of hydrogen-bond acceptors (Lipinski definition) is 6. The van der Waals surface area contributed by atoms with Crippen molar-refractivity contribution in [3.63, 3.8) is 0 Å². The smallest absolute Gasteiger partial charge is 0.240 e. The van der Waals surface area contributed by atoms with Gasteiger partial charge in [-0.25, -0.2) is 23.1 Å². The van der Waals surface area contributed by atoms with E-state index >= 15 is 0 Å². The standard InChI is InChI=1S/C21H24N4O2S2/c1-2-28-16-9-11-17(12-10-16)29(26,27)22-15-20-23-19-8-4-3-7-18(19)21(24-20)25-13-5-6-14-25/h3-4,7-12,22H,2,5-6,13-15H2,1H3. The number of thioether (sulfide) groups is 1. The lowest BCUT2D eigenvalue weighted by Gasteiger charge is -2.19. The summed E-state index contributed by atoms with van der Waals surface area (Å²) in [6.07, 6.45) is 2.29. The maximum absolute atomic E-state index is 12.7. The summed E-state index contributed by atoms with van der Waals surface area (Å²) in [5.41, 5.74) is 0.833. The van der Waals surface area contributed by atoms with Crippen molar-refractivity contribution in [2.45, 2.75) is 36.1 Å². The summed E-state index contributed by atoms with van der Waals surface area (Å²) in [6, 6.07) is 14.8. The molecule has 0 radical (unpaired) electrons. The van der Waals surface area contributed by atoms with Crippen LogP contribution < -0.4 is 9.62 Å². The Morgan fingerprint density at radius 3 is 2.48 bits per heavy atom. The average molecular weight is 429 g/mol. The van der Waals surface area contributed by atoms with Crippen LogP contribution in [0.15, 0.2) is 58.3 Å². The molecular formula is C21H24N4O2S2. The molecule has 1 aromatic heterocycles. The zero-order valence-electron chi connectivity index (χ0n) is 16.3. The van der Waals surface area contributed by atoms with E-state index in [9.17, 15) is 8.42 Å². The fourth-order valence-electron chi connectivity index (χ4n) is 3.48. The monoisotopic (exact) mass is 428 g/mol. The topological polar surface area (TPSA) is 75.2 Å². The van der Waals surface area contributed by atoms with Gasteiger partial charge in [-0.15, -0.1) is 11.8 Å². The first kappa shape index (κ1) is 20.1. The number of nitrogens with zero attached hydrogens (tertiary/aromatic N) is 3. The van der Waals surface area contributed by atoms with Gasteiger partial charge in [0.1, 0.15) is 11.6 Å². The molecule has 2 heterocycles. The third-order valence-corrected chi connectivity index (χ3v) is 7.21. The molecule has 152 valence electrons. The first-order chi connectivity index (χ1) is 14.1. The van der Waals surface area contributed by atoms with Gasteiger partial charge in [-0.1, -0.05) is 19.1 Å². The zero-order chi connectivity index (χ0) is 20.3. The van der Waals surface area contributed by atoms with Crippen LogP contribution in [-0.2, 0) is 16.6 Å². The van der Waals surface area contributed by atoms with Crippen LogP contribution in [0, 0.1) is 0 Å². The first-order valence-electron chi connectivity index (χ1n) is 9.80. The summed E-state index contributed by atoms with van der Waals surface area (Å²) in [7, 11) is -3.63. The summed E-state index contributed by atoms with van der Waals surface area (Å²) in [5, 5.41) is 1.00. The number of benzene rings is 2. The highest BCUT2D eigenvalue weighted by atomic mass is 32.2. The molecule has 0 spiro atoms. The van der Waals surface area contributed by atoms with Crippen LogP contribution >= 0.6 is 11.8 Å². The van der Waals surface area contributed by atoms with Crippen molar-refractivity contribution in [1.82, 2.24) is 14.7 Å². The van der Waals surface area contributed by atoms with Crippen LogP contribution in [-0.4, -0.2) is 37.2 Å². The zero-order valence-corrected chi connectivity index (χ0v) is 18.0. The summed E-state index contributed by atoms with van der Waals surface area (Å²) in [4.78, 5) is 12.8. The lowest BCUT2D eigenvalue weighted by molar-refractivity contribution is 0.579. The van der Waals surface area contributed by atoms with Crippen LogP contribution in [0.25, 0.3) is 10.9 Å². The number of rotatable bonds is 7. The van der Waals surface area contributed by atoms with E-state index in [2.05, 4.69) is 21.5 Å². The number of sulfonamides is 1. The van der Waals surface area contributed by atoms with E-state index < -0.39 is 10.0 Å². The van der Waals surface area contributed by atoms with E-state index in [0.29, 0.717) is 5.82 Å². The van der Waals surface area contributed by atoms with E-state index in [4.69, 9.17) is 4.98 Å². The minimum absolute atomic E-state index is 0.0550. The second-order valence-corrected chi connectivity index (χ2v) is 10.0. The van der Waals surface area contributed by atoms with Gasteiger partial charge in [0.15, 0.2) is 0 Å². The third kappa shape index (κ3) is 4.55. The fourth-order valence-corrected chi connectivity index (χ4v) is 5.12. The van der Waals surface area contributed by atoms with Crippen molar-refractivity contribution in [1.29, 1.82) is 0 Å². The Hall–Kier alpha value is -2.16. The molecule has 4 rings (SSSR count). The molecule has 8 heteroatoms. The quantitative estimate of drug-likeness (QED) is 0.577. The van der Waals surface area contributed by atoms with Gasteiger partial charge in [0, 0.05) is 23.4 Å². The van der Waals surface area contributed by atoms with Crippen LogP contribution in [0.5, 0.6) is 0 Å². The molecular weight excluding hydrogens is 404 g/mol. The van der Waals surface area contributed by atoms with Crippen molar-refractivity contribution in [3.05, 3.63) is 54.4 Å². The van der Waals surface area contributed by atoms with Crippen LogP contribution in [0.3, 0.4) is 0 Å². The van der Waals surface area contributed by atoms with Crippen molar-refractivity contribution in [2.24, 2.45) is 0 Å². The molecule has 2 aromatic carbocycles. The summed E-state index contributed by atoms with van der Waals surface area (Å²) < 4.78 is 28.0. The van der Waals surface area contributed by atoms with Crippen molar-refractivity contribution in [2.75, 3.05) is 23.7 Å². The van der Waals surface area contributed by atoms with Gasteiger partial charge < -0.3 is 4.90 Å². The minimum atomic E-state index is -3.63. The van der Waals surface area contributed by atoms with Gasteiger partial charge >= 0.3 is 0 Å². The lowest BCUT2D eigenvalue weighted by Crippen LogP contribution is -2.25. The van der Waals surface area contributed by atoms with Gasteiger partial charge in [-0.2, -0.15) is 0 Å². The molecule has 3 aromatic rings. The number of nitrogens with one attached hydrogen (secondary N) is 1. The lowest BCUT2D eigenvalue weighted by atomic mass is 10.2. The van der Waals surface area contributed by atoms with Gasteiger partial charge in [0.25, 0.3) is 0 Å². The maximum atomic E-state index is 12.7. The Balaban J connectivity index is 1.57. The SMILES string of the molecule is CCSc1ccc(S(=O)(=O)NCc2nc(N3CCCC3)c3ccccc3n2)cc1. The highest BCUT2D eigenvalue weighted by molar-refractivity contribution is 7.99. The van der Waals surface area contributed by atoms with Crippen LogP contribution in [0.1, 0.15) is 25.6 Å². The molecule has 1 aliphatic rings. The van der Waals surface area contributed by atoms with E-state index in [0.717, 1.165) is 53.3 Å². The van der Waals surface area contributed by atoms with Crippen molar-refractivity contribution in [3.8, 4) is 0 Å². The average Bonchev–Trinajstić information content (AvgIpc) is 3.27. The molecule has 6 nitrogen and oxygen atoms in total. The molecule has 1 aliphatic heterocycles. The van der Waals surface area contributed by atoms with Gasteiger partial charge in [-0.05, 0) is 55.0 Å². The molecule has 0 aliphatic carbocycles. The Morgan fingerprint density at radius 1 is 1.03 bits per heavy atom. The van der Waals surface area contributed by atoms with E-state index in [1.165, 1.54) is 0 Å². The Morgan fingerprint density at radius 2 is 1.76 bits per heavy atom. The van der Waals surface area contributed by atoms with E-state index in [-0.39, 0.29) is 11.4 Å². The number of hydrogen-bond donors (Lipinski definition) is 1. The molecule has 29 heavy (non-hydrogen) atoms. The second-order valence-electron chi connectivity index (χ2n) is 6.90. The summed E-state index contributed by atoms with van der Waals surface area (Å²) in [6.45, 7) is 4.05. The minimum Gasteiger partial charge on any atom is -0.356 e. The molecule has 0 atom stereocenters. The molecule has 0 bridgehead atoms. The van der Waals surface area contributed by atoms with Gasteiger partial charge in [-0.3, -0.25) is 0 Å². The van der Waals surface area contributed by atoms with Crippen molar-refractivity contribution >= 4 is 38.5 Å². The maximum Gasteiger partial charge on any atom is 0.240 e. The van der Waals surface area contributed by atoms with Gasteiger partial charge in [0.05, 0.1) is 17.0 Å². The largest absolute Gasteiger partial charge is 0.356 e. The van der Waals surface area contributed by atoms with Gasteiger partial charge in [0.2, 0.25) is 10.0 Å². The van der Waals surface area contributed by atoms with E-state index in [1.807, 2.05) is 36.4 Å². The number of anilines is 1. The van der Waals surface area contributed by atoms with Crippen LogP contribution in [0.4, 0.5) is 5.82 Å². The molecule has 1 N–H and O–H groups in total. The Labute approximate surface area is 175 Å². The summed E-state index contributed by atoms with van der Waals surface area (Å²) in [5.74, 6) is 2.32. The Bertz CT molecular complexity index is 1100. The molecule has 1 fully saturated rings. The normalized spacial score (nSPS) is 14.6. The third-order valence-electron chi connectivity index (χ3n) is 4.90. The number of aromatic nitrogens is 2. The highest BCUT2D eigenvalue weighted by Crippen LogP contribution is 2.27. The first-order valence-corrected chi connectivity index (χ1v) is 12.3.